The third-order valence-electron chi connectivity index (χ3n) is 4.83. The highest BCUT2D eigenvalue weighted by Crippen LogP contribution is 2.25. The molecule has 156 valence electrons. The summed E-state index contributed by atoms with van der Waals surface area (Å²) in [5.74, 6) is 1.90. The minimum atomic E-state index is -0.0553. The first-order valence-electron chi connectivity index (χ1n) is 10.1. The van der Waals surface area contributed by atoms with Gasteiger partial charge in [0.1, 0.15) is 5.82 Å². The quantitative estimate of drug-likeness (QED) is 0.522. The van der Waals surface area contributed by atoms with Crippen molar-refractivity contribution in [2.24, 2.45) is 0 Å². The lowest BCUT2D eigenvalue weighted by Crippen LogP contribution is -2.31. The van der Waals surface area contributed by atoms with E-state index in [0.29, 0.717) is 23.8 Å². The summed E-state index contributed by atoms with van der Waals surface area (Å²) in [4.78, 5) is 23.8. The average Bonchev–Trinajstić information content (AvgIpc) is 3.24. The Morgan fingerprint density at radius 3 is 2.83 bits per heavy atom. The lowest BCUT2D eigenvalue weighted by Gasteiger charge is -2.15. The second-order valence-electron chi connectivity index (χ2n) is 7.82. The van der Waals surface area contributed by atoms with Gasteiger partial charge in [-0.05, 0) is 36.5 Å². The van der Waals surface area contributed by atoms with Crippen LogP contribution < -0.4 is 10.2 Å². The Balaban J connectivity index is 1.63. The molecule has 0 radical (unpaired) electrons. The van der Waals surface area contributed by atoms with Crippen LogP contribution in [0.25, 0.3) is 0 Å². The normalized spacial score (nSPS) is 16.2. The number of amides is 1. The summed E-state index contributed by atoms with van der Waals surface area (Å²) >= 11 is 1.59. The van der Waals surface area contributed by atoms with Gasteiger partial charge < -0.3 is 15.0 Å². The smallest absolute Gasteiger partial charge is 0.251 e. The number of benzene rings is 1. The van der Waals surface area contributed by atoms with Crippen molar-refractivity contribution in [3.63, 3.8) is 0 Å². The first-order valence-corrected chi connectivity index (χ1v) is 11.1. The molecule has 0 spiro atoms. The number of thioether (sulfide) groups is 1. The fraction of sp³-hybridized carbons (Fsp3) is 0.500. The van der Waals surface area contributed by atoms with Gasteiger partial charge in [0.05, 0.1) is 6.10 Å². The number of hydrogen-bond acceptors (Lipinski definition) is 6. The van der Waals surface area contributed by atoms with Gasteiger partial charge in [0.15, 0.2) is 5.16 Å². The Morgan fingerprint density at radius 1 is 1.31 bits per heavy atom. The number of rotatable bonds is 8. The molecule has 6 nitrogen and oxygen atoms in total. The van der Waals surface area contributed by atoms with Crippen molar-refractivity contribution in [1.82, 2.24) is 15.3 Å². The van der Waals surface area contributed by atoms with Crippen LogP contribution in [0.3, 0.4) is 0 Å². The van der Waals surface area contributed by atoms with Crippen LogP contribution in [-0.2, 0) is 10.5 Å². The van der Waals surface area contributed by atoms with Gasteiger partial charge in [-0.15, -0.1) is 0 Å². The van der Waals surface area contributed by atoms with E-state index in [9.17, 15) is 4.79 Å². The molecule has 1 aromatic heterocycles. The molecule has 1 amide bonds. The molecule has 0 bridgehead atoms. The van der Waals surface area contributed by atoms with Crippen molar-refractivity contribution in [1.29, 1.82) is 0 Å². The SMILES string of the molecule is CC(C)c1cc(N(C)C)nc(SCc2cccc(C(=O)NC[C@H]3CCCO3)c2)n1. The van der Waals surface area contributed by atoms with Crippen molar-refractivity contribution in [3.8, 4) is 0 Å². The first kappa shape index (κ1) is 21.6. The van der Waals surface area contributed by atoms with Crippen molar-refractivity contribution in [2.75, 3.05) is 32.1 Å². The summed E-state index contributed by atoms with van der Waals surface area (Å²) in [5, 5.41) is 3.74. The topological polar surface area (TPSA) is 67.4 Å². The van der Waals surface area contributed by atoms with E-state index in [2.05, 4.69) is 24.1 Å². The molecular weight excluding hydrogens is 384 g/mol. The van der Waals surface area contributed by atoms with Crippen LogP contribution in [-0.4, -0.2) is 49.2 Å². The zero-order chi connectivity index (χ0) is 20.8. The van der Waals surface area contributed by atoms with E-state index >= 15 is 0 Å². The zero-order valence-corrected chi connectivity index (χ0v) is 18.5. The van der Waals surface area contributed by atoms with E-state index in [-0.39, 0.29) is 12.0 Å². The number of nitrogens with one attached hydrogen (secondary N) is 1. The maximum absolute atomic E-state index is 12.5. The van der Waals surface area contributed by atoms with Gasteiger partial charge in [-0.1, -0.05) is 37.7 Å². The summed E-state index contributed by atoms with van der Waals surface area (Å²) < 4.78 is 5.57. The second kappa shape index (κ2) is 10.1. The van der Waals surface area contributed by atoms with E-state index in [0.717, 1.165) is 41.7 Å². The lowest BCUT2D eigenvalue weighted by molar-refractivity contribution is 0.0857. The monoisotopic (exact) mass is 414 g/mol. The molecule has 29 heavy (non-hydrogen) atoms. The molecule has 1 aliphatic heterocycles. The van der Waals surface area contributed by atoms with E-state index in [4.69, 9.17) is 9.72 Å². The Hall–Kier alpha value is -2.12. The fourth-order valence-corrected chi connectivity index (χ4v) is 3.89. The maximum Gasteiger partial charge on any atom is 0.251 e. The highest BCUT2D eigenvalue weighted by molar-refractivity contribution is 7.98. The standard InChI is InChI=1S/C22H30N4O2S/c1-15(2)19-12-20(26(3)4)25-22(24-19)29-14-16-7-5-8-17(11-16)21(27)23-13-18-9-6-10-28-18/h5,7-8,11-12,15,18H,6,9-10,13-14H2,1-4H3,(H,23,27)/t18-/m1/s1. The highest BCUT2D eigenvalue weighted by Gasteiger charge is 2.17. The Bertz CT molecular complexity index is 809. The number of carbonyl (C=O) groups excluding carboxylic acids is 1. The third kappa shape index (κ3) is 6.18. The molecule has 2 heterocycles. The fourth-order valence-electron chi connectivity index (χ4n) is 3.08. The number of nitrogens with zero attached hydrogens (tertiary/aromatic N) is 3. The number of ether oxygens (including phenoxy) is 1. The Labute approximate surface area is 177 Å². The average molecular weight is 415 g/mol. The highest BCUT2D eigenvalue weighted by atomic mass is 32.2. The molecule has 3 rings (SSSR count). The van der Waals surface area contributed by atoms with Gasteiger partial charge in [0.25, 0.3) is 5.91 Å². The largest absolute Gasteiger partial charge is 0.376 e. The van der Waals surface area contributed by atoms with Gasteiger partial charge in [0, 0.05) is 50.3 Å². The molecule has 1 N–H and O–H groups in total. The summed E-state index contributed by atoms with van der Waals surface area (Å²) in [6.07, 6.45) is 2.23. The molecule has 0 aliphatic carbocycles. The second-order valence-corrected chi connectivity index (χ2v) is 8.76. The third-order valence-corrected chi connectivity index (χ3v) is 5.75. The molecule has 2 aromatic rings. The molecule has 1 atom stereocenters. The van der Waals surface area contributed by atoms with Gasteiger partial charge in [-0.3, -0.25) is 4.79 Å². The van der Waals surface area contributed by atoms with Crippen LogP contribution in [0.1, 0.15) is 54.2 Å². The molecule has 1 fully saturated rings. The predicted molar refractivity (Wildman–Crippen MR) is 118 cm³/mol. The summed E-state index contributed by atoms with van der Waals surface area (Å²) in [5.41, 5.74) is 2.78. The van der Waals surface area contributed by atoms with Crippen LogP contribution in [0.4, 0.5) is 5.82 Å². The summed E-state index contributed by atoms with van der Waals surface area (Å²) in [7, 11) is 3.97. The molecule has 1 saturated heterocycles. The Kier molecular flexibility index (Phi) is 7.50. The van der Waals surface area contributed by atoms with Gasteiger partial charge in [-0.25, -0.2) is 9.97 Å². The van der Waals surface area contributed by atoms with Crippen molar-refractivity contribution in [2.45, 2.75) is 49.6 Å². The minimum Gasteiger partial charge on any atom is -0.376 e. The number of anilines is 1. The molecular formula is C22H30N4O2S. The van der Waals surface area contributed by atoms with Crippen LogP contribution in [0, 0.1) is 0 Å². The van der Waals surface area contributed by atoms with Crippen LogP contribution in [0.5, 0.6) is 0 Å². The molecule has 0 unspecified atom stereocenters. The number of aromatic nitrogens is 2. The molecule has 1 aromatic carbocycles. The summed E-state index contributed by atoms with van der Waals surface area (Å²) in [6, 6.07) is 9.78. The van der Waals surface area contributed by atoms with Crippen LogP contribution in [0.2, 0.25) is 0 Å². The van der Waals surface area contributed by atoms with Crippen LogP contribution in [0.15, 0.2) is 35.5 Å². The zero-order valence-electron chi connectivity index (χ0n) is 17.6. The molecule has 0 saturated carbocycles. The number of hydrogen-bond donors (Lipinski definition) is 1. The summed E-state index contributed by atoms with van der Waals surface area (Å²) in [6.45, 7) is 5.63. The maximum atomic E-state index is 12.5. The van der Waals surface area contributed by atoms with E-state index in [1.807, 2.05) is 49.3 Å². The predicted octanol–water partition coefficient (Wildman–Crippen LogP) is 3.87. The van der Waals surface area contributed by atoms with Crippen molar-refractivity contribution >= 4 is 23.5 Å². The lowest BCUT2D eigenvalue weighted by atomic mass is 10.1. The minimum absolute atomic E-state index is 0.0553. The van der Waals surface area contributed by atoms with Crippen molar-refractivity contribution in [3.05, 3.63) is 47.2 Å². The number of carbonyl (C=O) groups is 1. The van der Waals surface area contributed by atoms with Gasteiger partial charge in [0.2, 0.25) is 0 Å². The van der Waals surface area contributed by atoms with Crippen LogP contribution >= 0.6 is 11.8 Å². The Morgan fingerprint density at radius 2 is 2.14 bits per heavy atom. The molecule has 1 aliphatic rings. The van der Waals surface area contributed by atoms with E-state index in [1.165, 1.54) is 0 Å². The molecule has 7 heteroatoms. The van der Waals surface area contributed by atoms with Gasteiger partial charge >= 0.3 is 0 Å². The van der Waals surface area contributed by atoms with E-state index < -0.39 is 0 Å². The van der Waals surface area contributed by atoms with E-state index in [1.54, 1.807) is 11.8 Å². The first-order chi connectivity index (χ1) is 13.9. The van der Waals surface area contributed by atoms with Crippen molar-refractivity contribution < 1.29 is 9.53 Å². The van der Waals surface area contributed by atoms with Gasteiger partial charge in [-0.2, -0.15) is 0 Å².